The van der Waals surface area contributed by atoms with Gasteiger partial charge < -0.3 is 10.5 Å². The molecule has 1 aliphatic carbocycles. The molecule has 0 amide bonds. The van der Waals surface area contributed by atoms with Crippen LogP contribution in [0.2, 0.25) is 0 Å². The van der Waals surface area contributed by atoms with Crippen LogP contribution in [0.25, 0.3) is 0 Å². The van der Waals surface area contributed by atoms with Crippen LogP contribution in [0.4, 0.5) is 5.69 Å². The van der Waals surface area contributed by atoms with Gasteiger partial charge in [-0.1, -0.05) is 12.8 Å². The zero-order valence-corrected chi connectivity index (χ0v) is 12.4. The SMILES string of the molecule is Nc1ccc(S(=O)(=O)C2CCOC3(CCCC3)C2)cc1. The number of hydrogen-bond acceptors (Lipinski definition) is 4. The van der Waals surface area contributed by atoms with E-state index in [1.165, 1.54) is 0 Å². The first-order chi connectivity index (χ1) is 9.52. The Balaban J connectivity index is 1.85. The standard InChI is InChI=1S/C15H21NO3S/c16-12-3-5-13(6-4-12)20(17,18)14-7-10-19-15(11-14)8-1-2-9-15/h3-6,14H,1-2,7-11,16H2. The van der Waals surface area contributed by atoms with Crippen molar-refractivity contribution >= 4 is 15.5 Å². The molecule has 2 fully saturated rings. The third-order valence-electron chi connectivity index (χ3n) is 4.61. The van der Waals surface area contributed by atoms with Gasteiger partial charge in [-0.2, -0.15) is 0 Å². The molecular formula is C15H21NO3S. The Morgan fingerprint density at radius 3 is 2.45 bits per heavy atom. The first kappa shape index (κ1) is 13.9. The first-order valence-electron chi connectivity index (χ1n) is 7.25. The van der Waals surface area contributed by atoms with Crippen LogP contribution in [-0.4, -0.2) is 25.9 Å². The van der Waals surface area contributed by atoms with Crippen LogP contribution in [0.5, 0.6) is 0 Å². The van der Waals surface area contributed by atoms with Crippen LogP contribution < -0.4 is 5.73 Å². The van der Waals surface area contributed by atoms with Crippen LogP contribution in [0.15, 0.2) is 29.2 Å². The van der Waals surface area contributed by atoms with Gasteiger partial charge in [0.25, 0.3) is 0 Å². The fourth-order valence-corrected chi connectivity index (χ4v) is 5.30. The number of nitrogens with two attached hydrogens (primary N) is 1. The second-order valence-electron chi connectivity index (χ2n) is 5.97. The van der Waals surface area contributed by atoms with E-state index in [0.29, 0.717) is 30.0 Å². The van der Waals surface area contributed by atoms with Crippen molar-refractivity contribution in [3.63, 3.8) is 0 Å². The van der Waals surface area contributed by atoms with E-state index in [4.69, 9.17) is 10.5 Å². The van der Waals surface area contributed by atoms with Crippen LogP contribution >= 0.6 is 0 Å². The quantitative estimate of drug-likeness (QED) is 0.851. The van der Waals surface area contributed by atoms with Crippen molar-refractivity contribution in [3.8, 4) is 0 Å². The molecule has 1 spiro atoms. The Hall–Kier alpha value is -1.07. The lowest BCUT2D eigenvalue weighted by atomic mass is 9.92. The molecule has 20 heavy (non-hydrogen) atoms. The normalized spacial score (nSPS) is 25.9. The van der Waals surface area contributed by atoms with Gasteiger partial charge in [0.2, 0.25) is 0 Å². The fraction of sp³-hybridized carbons (Fsp3) is 0.600. The average Bonchev–Trinajstić information content (AvgIpc) is 2.87. The van der Waals surface area contributed by atoms with E-state index >= 15 is 0 Å². The lowest BCUT2D eigenvalue weighted by Crippen LogP contribution is -2.42. The van der Waals surface area contributed by atoms with E-state index < -0.39 is 9.84 Å². The summed E-state index contributed by atoms with van der Waals surface area (Å²) < 4.78 is 31.4. The van der Waals surface area contributed by atoms with Crippen molar-refractivity contribution in [2.45, 2.75) is 54.3 Å². The minimum atomic E-state index is -3.28. The molecule has 5 heteroatoms. The summed E-state index contributed by atoms with van der Waals surface area (Å²) in [5, 5.41) is -0.321. The Labute approximate surface area is 120 Å². The lowest BCUT2D eigenvalue weighted by Gasteiger charge is -2.37. The van der Waals surface area contributed by atoms with E-state index in [1.54, 1.807) is 24.3 Å². The lowest BCUT2D eigenvalue weighted by molar-refractivity contribution is -0.0713. The molecule has 1 aromatic carbocycles. The molecule has 1 saturated carbocycles. The van der Waals surface area contributed by atoms with Crippen LogP contribution in [0, 0.1) is 0 Å². The molecule has 0 bridgehead atoms. The van der Waals surface area contributed by atoms with Gasteiger partial charge in [0.05, 0.1) is 15.7 Å². The zero-order chi connectivity index (χ0) is 14.2. The van der Waals surface area contributed by atoms with E-state index in [0.717, 1.165) is 25.7 Å². The molecule has 1 atom stereocenters. The third kappa shape index (κ3) is 2.44. The highest BCUT2D eigenvalue weighted by atomic mass is 32.2. The van der Waals surface area contributed by atoms with Crippen molar-refractivity contribution in [2.24, 2.45) is 0 Å². The molecule has 3 rings (SSSR count). The van der Waals surface area contributed by atoms with Crippen molar-refractivity contribution in [1.82, 2.24) is 0 Å². The molecule has 1 saturated heterocycles. The highest BCUT2D eigenvalue weighted by Crippen LogP contribution is 2.42. The predicted molar refractivity (Wildman–Crippen MR) is 78.2 cm³/mol. The van der Waals surface area contributed by atoms with Gasteiger partial charge in [-0.15, -0.1) is 0 Å². The Morgan fingerprint density at radius 2 is 1.80 bits per heavy atom. The van der Waals surface area contributed by atoms with E-state index in [1.807, 2.05) is 0 Å². The summed E-state index contributed by atoms with van der Waals surface area (Å²) in [5.74, 6) is 0. The summed E-state index contributed by atoms with van der Waals surface area (Å²) in [5.41, 5.74) is 6.04. The molecule has 2 N–H and O–H groups in total. The summed E-state index contributed by atoms with van der Waals surface area (Å²) >= 11 is 0. The number of sulfone groups is 1. The van der Waals surface area contributed by atoms with Gasteiger partial charge in [0, 0.05) is 12.3 Å². The maximum absolute atomic E-state index is 12.7. The van der Waals surface area contributed by atoms with Gasteiger partial charge in [-0.05, 0) is 49.9 Å². The Bertz CT molecular complexity index is 574. The number of rotatable bonds is 2. The fourth-order valence-electron chi connectivity index (χ4n) is 3.47. The van der Waals surface area contributed by atoms with Crippen molar-refractivity contribution < 1.29 is 13.2 Å². The minimum absolute atomic E-state index is 0.177. The van der Waals surface area contributed by atoms with Gasteiger partial charge in [0.1, 0.15) is 0 Å². The summed E-state index contributed by atoms with van der Waals surface area (Å²) in [6.45, 7) is 0.554. The molecule has 4 nitrogen and oxygen atoms in total. The molecule has 0 aromatic heterocycles. The van der Waals surface area contributed by atoms with Gasteiger partial charge in [-0.25, -0.2) is 8.42 Å². The Kier molecular flexibility index (Phi) is 3.50. The average molecular weight is 295 g/mol. The molecule has 1 heterocycles. The van der Waals surface area contributed by atoms with Crippen LogP contribution in [0.1, 0.15) is 38.5 Å². The highest BCUT2D eigenvalue weighted by Gasteiger charge is 2.44. The Morgan fingerprint density at radius 1 is 1.15 bits per heavy atom. The zero-order valence-electron chi connectivity index (χ0n) is 11.5. The van der Waals surface area contributed by atoms with Crippen molar-refractivity contribution in [3.05, 3.63) is 24.3 Å². The molecule has 1 aliphatic heterocycles. The summed E-state index contributed by atoms with van der Waals surface area (Å²) in [4.78, 5) is 0.381. The van der Waals surface area contributed by atoms with E-state index in [9.17, 15) is 8.42 Å². The van der Waals surface area contributed by atoms with Gasteiger partial charge in [0.15, 0.2) is 9.84 Å². The maximum Gasteiger partial charge on any atom is 0.181 e. The van der Waals surface area contributed by atoms with Crippen LogP contribution in [-0.2, 0) is 14.6 Å². The number of hydrogen-bond donors (Lipinski definition) is 1. The predicted octanol–water partition coefficient (Wildman–Crippen LogP) is 2.53. The van der Waals surface area contributed by atoms with E-state index in [-0.39, 0.29) is 10.9 Å². The summed E-state index contributed by atoms with van der Waals surface area (Å²) in [6, 6.07) is 6.53. The number of ether oxygens (including phenoxy) is 1. The molecule has 1 unspecified atom stereocenters. The van der Waals surface area contributed by atoms with E-state index in [2.05, 4.69) is 0 Å². The second kappa shape index (κ2) is 5.04. The van der Waals surface area contributed by atoms with Crippen LogP contribution in [0.3, 0.4) is 0 Å². The maximum atomic E-state index is 12.7. The first-order valence-corrected chi connectivity index (χ1v) is 8.80. The topological polar surface area (TPSA) is 69.4 Å². The smallest absolute Gasteiger partial charge is 0.181 e. The summed E-state index contributed by atoms with van der Waals surface area (Å²) in [6.07, 6.45) is 5.53. The third-order valence-corrected chi connectivity index (χ3v) is 6.82. The number of anilines is 1. The van der Waals surface area contributed by atoms with Gasteiger partial charge >= 0.3 is 0 Å². The molecular weight excluding hydrogens is 274 g/mol. The number of nitrogen functional groups attached to an aromatic ring is 1. The monoisotopic (exact) mass is 295 g/mol. The molecule has 0 radical (unpaired) electrons. The molecule has 1 aromatic rings. The molecule has 110 valence electrons. The summed E-state index contributed by atoms with van der Waals surface area (Å²) in [7, 11) is -3.28. The molecule has 2 aliphatic rings. The van der Waals surface area contributed by atoms with Crippen molar-refractivity contribution in [2.75, 3.05) is 12.3 Å². The largest absolute Gasteiger partial charge is 0.399 e. The van der Waals surface area contributed by atoms with Gasteiger partial charge in [-0.3, -0.25) is 0 Å². The number of benzene rings is 1. The highest BCUT2D eigenvalue weighted by molar-refractivity contribution is 7.92. The van der Waals surface area contributed by atoms with Crippen molar-refractivity contribution in [1.29, 1.82) is 0 Å². The minimum Gasteiger partial charge on any atom is -0.399 e. The second-order valence-corrected chi connectivity index (χ2v) is 8.20.